The number of amides is 1. The fourth-order valence-corrected chi connectivity index (χ4v) is 1.91. The monoisotopic (exact) mass is 262 g/mol. The van der Waals surface area contributed by atoms with Crippen LogP contribution in [0.15, 0.2) is 0 Å². The molecule has 2 atom stereocenters. The molecule has 17 heavy (non-hydrogen) atoms. The molecule has 0 saturated carbocycles. The molecular formula is C13H27ClN2O. The highest BCUT2D eigenvalue weighted by atomic mass is 35.5. The highest BCUT2D eigenvalue weighted by Crippen LogP contribution is 2.25. The van der Waals surface area contributed by atoms with Crippen LogP contribution in [0.25, 0.3) is 0 Å². The maximum Gasteiger partial charge on any atom is 0.223 e. The number of nitrogens with one attached hydrogen (secondary N) is 2. The first-order valence-corrected chi connectivity index (χ1v) is 6.39. The van der Waals surface area contributed by atoms with Gasteiger partial charge in [-0.1, -0.05) is 27.7 Å². The van der Waals surface area contributed by atoms with Crippen molar-refractivity contribution in [2.24, 2.45) is 17.3 Å². The summed E-state index contributed by atoms with van der Waals surface area (Å²) in [4.78, 5) is 11.8. The number of hydrogen-bond donors (Lipinski definition) is 2. The Morgan fingerprint density at radius 3 is 2.59 bits per heavy atom. The van der Waals surface area contributed by atoms with Crippen LogP contribution in [-0.2, 0) is 4.79 Å². The van der Waals surface area contributed by atoms with Crippen molar-refractivity contribution in [3.8, 4) is 0 Å². The SMILES string of the molecule is CC(C(=O)NCCC1CCNC1)C(C)(C)C.Cl. The van der Waals surface area contributed by atoms with E-state index in [1.54, 1.807) is 0 Å². The van der Waals surface area contributed by atoms with Crippen LogP contribution in [0, 0.1) is 17.3 Å². The molecule has 1 amide bonds. The van der Waals surface area contributed by atoms with Crippen LogP contribution in [0.2, 0.25) is 0 Å². The third kappa shape index (κ3) is 5.73. The Hall–Kier alpha value is -0.280. The standard InChI is InChI=1S/C13H26N2O.ClH/c1-10(13(2,3)4)12(16)15-8-6-11-5-7-14-9-11;/h10-11,14H,5-9H2,1-4H3,(H,15,16);1H. The second-order valence-electron chi connectivity index (χ2n) is 6.03. The van der Waals surface area contributed by atoms with E-state index in [4.69, 9.17) is 0 Å². The fraction of sp³-hybridized carbons (Fsp3) is 0.923. The van der Waals surface area contributed by atoms with Crippen molar-refractivity contribution in [3.05, 3.63) is 0 Å². The number of hydrogen-bond acceptors (Lipinski definition) is 2. The minimum Gasteiger partial charge on any atom is -0.356 e. The Labute approximate surface area is 112 Å². The van der Waals surface area contributed by atoms with E-state index in [0.29, 0.717) is 0 Å². The number of halogens is 1. The van der Waals surface area contributed by atoms with Crippen LogP contribution in [-0.4, -0.2) is 25.5 Å². The minimum atomic E-state index is 0. The van der Waals surface area contributed by atoms with Crippen LogP contribution in [0.5, 0.6) is 0 Å². The van der Waals surface area contributed by atoms with E-state index in [1.807, 2.05) is 6.92 Å². The Morgan fingerprint density at radius 1 is 1.47 bits per heavy atom. The van der Waals surface area contributed by atoms with Crippen LogP contribution in [0.3, 0.4) is 0 Å². The summed E-state index contributed by atoms with van der Waals surface area (Å²) < 4.78 is 0. The van der Waals surface area contributed by atoms with Crippen molar-refractivity contribution in [2.45, 2.75) is 40.5 Å². The molecule has 4 heteroatoms. The second-order valence-corrected chi connectivity index (χ2v) is 6.03. The molecular weight excluding hydrogens is 236 g/mol. The van der Waals surface area contributed by atoms with Gasteiger partial charge in [-0.05, 0) is 37.3 Å². The van der Waals surface area contributed by atoms with Crippen molar-refractivity contribution >= 4 is 18.3 Å². The Kier molecular flexibility index (Phi) is 7.10. The van der Waals surface area contributed by atoms with E-state index in [2.05, 4.69) is 31.4 Å². The topological polar surface area (TPSA) is 41.1 Å². The summed E-state index contributed by atoms with van der Waals surface area (Å²) >= 11 is 0. The van der Waals surface area contributed by atoms with Crippen molar-refractivity contribution in [1.82, 2.24) is 10.6 Å². The van der Waals surface area contributed by atoms with E-state index in [-0.39, 0.29) is 29.6 Å². The quantitative estimate of drug-likeness (QED) is 0.816. The molecule has 2 unspecified atom stereocenters. The van der Waals surface area contributed by atoms with Gasteiger partial charge in [0, 0.05) is 12.5 Å². The summed E-state index contributed by atoms with van der Waals surface area (Å²) in [5.41, 5.74) is 0.0546. The normalized spacial score (nSPS) is 21.8. The Bertz CT molecular complexity index is 232. The summed E-state index contributed by atoms with van der Waals surface area (Å²) in [5.74, 6) is 1.03. The van der Waals surface area contributed by atoms with Gasteiger partial charge < -0.3 is 10.6 Å². The molecule has 0 aliphatic carbocycles. The molecule has 1 fully saturated rings. The van der Waals surface area contributed by atoms with Crippen LogP contribution < -0.4 is 10.6 Å². The van der Waals surface area contributed by atoms with Crippen molar-refractivity contribution in [2.75, 3.05) is 19.6 Å². The molecule has 0 bridgehead atoms. The fourth-order valence-electron chi connectivity index (χ4n) is 1.91. The predicted molar refractivity (Wildman–Crippen MR) is 74.5 cm³/mol. The zero-order valence-electron chi connectivity index (χ0n) is 11.5. The third-order valence-corrected chi connectivity index (χ3v) is 3.71. The average Bonchev–Trinajstić information content (AvgIpc) is 2.67. The first-order valence-electron chi connectivity index (χ1n) is 6.39. The van der Waals surface area contributed by atoms with Crippen molar-refractivity contribution in [3.63, 3.8) is 0 Å². The van der Waals surface area contributed by atoms with Gasteiger partial charge in [-0.3, -0.25) is 4.79 Å². The molecule has 0 aromatic carbocycles. The molecule has 3 nitrogen and oxygen atoms in total. The van der Waals surface area contributed by atoms with Gasteiger partial charge >= 0.3 is 0 Å². The molecule has 1 heterocycles. The van der Waals surface area contributed by atoms with E-state index in [0.717, 1.165) is 32.0 Å². The minimum absolute atomic E-state index is 0. The lowest BCUT2D eigenvalue weighted by Crippen LogP contribution is -2.37. The van der Waals surface area contributed by atoms with Gasteiger partial charge in [-0.25, -0.2) is 0 Å². The Balaban J connectivity index is 0.00000256. The van der Waals surface area contributed by atoms with Crippen molar-refractivity contribution in [1.29, 1.82) is 0 Å². The summed E-state index contributed by atoms with van der Waals surface area (Å²) in [5, 5.41) is 6.39. The van der Waals surface area contributed by atoms with Gasteiger partial charge in [0.1, 0.15) is 0 Å². The van der Waals surface area contributed by atoms with Crippen LogP contribution in [0.1, 0.15) is 40.5 Å². The maximum absolute atomic E-state index is 11.8. The summed E-state index contributed by atoms with van der Waals surface area (Å²) in [6.45, 7) is 11.4. The van der Waals surface area contributed by atoms with E-state index >= 15 is 0 Å². The first kappa shape index (κ1) is 16.7. The molecule has 0 spiro atoms. The molecule has 0 aromatic rings. The highest BCUT2D eigenvalue weighted by molar-refractivity contribution is 5.85. The lowest BCUT2D eigenvalue weighted by molar-refractivity contribution is -0.127. The smallest absolute Gasteiger partial charge is 0.223 e. The number of carbonyl (C=O) groups excluding carboxylic acids is 1. The van der Waals surface area contributed by atoms with Crippen LogP contribution >= 0.6 is 12.4 Å². The van der Waals surface area contributed by atoms with E-state index in [9.17, 15) is 4.79 Å². The molecule has 1 saturated heterocycles. The van der Waals surface area contributed by atoms with Gasteiger partial charge in [-0.15, -0.1) is 12.4 Å². The third-order valence-electron chi connectivity index (χ3n) is 3.71. The number of carbonyl (C=O) groups is 1. The first-order chi connectivity index (χ1) is 7.41. The van der Waals surface area contributed by atoms with Crippen molar-refractivity contribution < 1.29 is 4.79 Å². The van der Waals surface area contributed by atoms with Gasteiger partial charge in [0.2, 0.25) is 5.91 Å². The van der Waals surface area contributed by atoms with Gasteiger partial charge in [0.25, 0.3) is 0 Å². The van der Waals surface area contributed by atoms with Gasteiger partial charge in [-0.2, -0.15) is 0 Å². The van der Waals surface area contributed by atoms with Crippen LogP contribution in [0.4, 0.5) is 0 Å². The zero-order chi connectivity index (χ0) is 12.2. The zero-order valence-corrected chi connectivity index (χ0v) is 12.3. The summed E-state index contributed by atoms with van der Waals surface area (Å²) in [7, 11) is 0. The molecule has 2 N–H and O–H groups in total. The predicted octanol–water partition coefficient (Wildman–Crippen LogP) is 2.21. The number of rotatable bonds is 4. The molecule has 0 aromatic heterocycles. The summed E-state index contributed by atoms with van der Waals surface area (Å²) in [6.07, 6.45) is 2.36. The molecule has 0 radical (unpaired) electrons. The summed E-state index contributed by atoms with van der Waals surface area (Å²) in [6, 6.07) is 0. The van der Waals surface area contributed by atoms with E-state index < -0.39 is 0 Å². The maximum atomic E-state index is 11.8. The molecule has 102 valence electrons. The lowest BCUT2D eigenvalue weighted by atomic mass is 9.81. The largest absolute Gasteiger partial charge is 0.356 e. The van der Waals surface area contributed by atoms with Gasteiger partial charge in [0.15, 0.2) is 0 Å². The molecule has 1 aliphatic heterocycles. The average molecular weight is 263 g/mol. The molecule has 1 rings (SSSR count). The van der Waals surface area contributed by atoms with Gasteiger partial charge in [0.05, 0.1) is 0 Å². The second kappa shape index (κ2) is 7.22. The highest BCUT2D eigenvalue weighted by Gasteiger charge is 2.26. The van der Waals surface area contributed by atoms with E-state index in [1.165, 1.54) is 6.42 Å². The molecule has 1 aliphatic rings. The lowest BCUT2D eigenvalue weighted by Gasteiger charge is -2.26. The Morgan fingerprint density at radius 2 is 2.12 bits per heavy atom.